The van der Waals surface area contributed by atoms with Gasteiger partial charge in [0.2, 0.25) is 5.91 Å². The number of carbonyl (C=O) groups is 2. The summed E-state index contributed by atoms with van der Waals surface area (Å²) in [5, 5.41) is 6.11. The van der Waals surface area contributed by atoms with Gasteiger partial charge in [-0.1, -0.05) is 25.1 Å². The largest absolute Gasteiger partial charge is 0.353 e. The van der Waals surface area contributed by atoms with Gasteiger partial charge in [0.1, 0.15) is 5.54 Å². The highest BCUT2D eigenvalue weighted by atomic mass is 35.5. The van der Waals surface area contributed by atoms with E-state index in [1.54, 1.807) is 17.0 Å². The molecule has 5 nitrogen and oxygen atoms in total. The molecule has 1 unspecified atom stereocenters. The average molecular weight is 340 g/mol. The smallest absolute Gasteiger partial charge is 0.254 e. The lowest BCUT2D eigenvalue weighted by Crippen LogP contribution is -2.56. The maximum atomic E-state index is 12.7. The van der Waals surface area contributed by atoms with E-state index in [0.717, 1.165) is 19.5 Å². The van der Waals surface area contributed by atoms with Gasteiger partial charge >= 0.3 is 0 Å². The molecule has 1 aromatic rings. The van der Waals surface area contributed by atoms with E-state index in [0.29, 0.717) is 25.1 Å². The summed E-state index contributed by atoms with van der Waals surface area (Å²) in [6.45, 7) is 6.72. The zero-order valence-electron chi connectivity index (χ0n) is 13.8. The standard InChI is InChI=1S/C17H25N3O2.ClH/c1-3-18-11-12-19-16(22)17(2)10-7-13-20(17)15(21)14-8-5-4-6-9-14;/h4-6,8-9,18H,3,7,10-13H2,1-2H3,(H,19,22);1H. The molecule has 2 rings (SSSR count). The number of halogens is 1. The lowest BCUT2D eigenvalue weighted by atomic mass is 9.97. The predicted octanol–water partition coefficient (Wildman–Crippen LogP) is 1.83. The molecule has 0 spiro atoms. The third-order valence-electron chi connectivity index (χ3n) is 4.23. The van der Waals surface area contributed by atoms with Gasteiger partial charge in [-0.05, 0) is 38.4 Å². The SMILES string of the molecule is CCNCCNC(=O)C1(C)CCCN1C(=O)c1ccccc1.Cl. The van der Waals surface area contributed by atoms with Crippen LogP contribution in [0.15, 0.2) is 30.3 Å². The first-order valence-electron chi connectivity index (χ1n) is 7.95. The van der Waals surface area contributed by atoms with Crippen LogP contribution in [0.25, 0.3) is 0 Å². The molecule has 0 aliphatic carbocycles. The van der Waals surface area contributed by atoms with Crippen LogP contribution >= 0.6 is 12.4 Å². The van der Waals surface area contributed by atoms with Crippen molar-refractivity contribution in [2.24, 2.45) is 0 Å². The Balaban J connectivity index is 0.00000264. The van der Waals surface area contributed by atoms with E-state index < -0.39 is 5.54 Å². The van der Waals surface area contributed by atoms with E-state index in [9.17, 15) is 9.59 Å². The first-order valence-corrected chi connectivity index (χ1v) is 7.95. The summed E-state index contributed by atoms with van der Waals surface area (Å²) in [6.07, 6.45) is 1.56. The Morgan fingerprint density at radius 2 is 1.91 bits per heavy atom. The summed E-state index contributed by atoms with van der Waals surface area (Å²) < 4.78 is 0. The van der Waals surface area contributed by atoms with Gasteiger partial charge in [0, 0.05) is 25.2 Å². The molecule has 1 saturated heterocycles. The minimum absolute atomic E-state index is 0. The van der Waals surface area contributed by atoms with Crippen molar-refractivity contribution < 1.29 is 9.59 Å². The van der Waals surface area contributed by atoms with Crippen molar-refractivity contribution in [3.8, 4) is 0 Å². The minimum Gasteiger partial charge on any atom is -0.353 e. The summed E-state index contributed by atoms with van der Waals surface area (Å²) in [5.41, 5.74) is -0.116. The lowest BCUT2D eigenvalue weighted by Gasteiger charge is -2.34. The van der Waals surface area contributed by atoms with Gasteiger partial charge in [-0.25, -0.2) is 0 Å². The third kappa shape index (κ3) is 4.45. The molecule has 128 valence electrons. The van der Waals surface area contributed by atoms with Crippen molar-refractivity contribution in [2.75, 3.05) is 26.2 Å². The highest BCUT2D eigenvalue weighted by Gasteiger charge is 2.45. The quantitative estimate of drug-likeness (QED) is 0.777. The number of hydrogen-bond donors (Lipinski definition) is 2. The van der Waals surface area contributed by atoms with Crippen LogP contribution in [0.3, 0.4) is 0 Å². The number of benzene rings is 1. The molecule has 1 heterocycles. The zero-order valence-corrected chi connectivity index (χ0v) is 14.6. The van der Waals surface area contributed by atoms with Gasteiger partial charge in [-0.2, -0.15) is 0 Å². The second kappa shape index (κ2) is 8.89. The van der Waals surface area contributed by atoms with Crippen molar-refractivity contribution in [2.45, 2.75) is 32.2 Å². The van der Waals surface area contributed by atoms with Gasteiger partial charge in [0.15, 0.2) is 0 Å². The Labute approximate surface area is 144 Å². The van der Waals surface area contributed by atoms with Crippen molar-refractivity contribution in [3.05, 3.63) is 35.9 Å². The van der Waals surface area contributed by atoms with E-state index in [2.05, 4.69) is 10.6 Å². The van der Waals surface area contributed by atoms with Crippen molar-refractivity contribution >= 4 is 24.2 Å². The number of nitrogens with zero attached hydrogens (tertiary/aromatic N) is 1. The number of rotatable bonds is 6. The Bertz CT molecular complexity index is 524. The molecule has 6 heteroatoms. The van der Waals surface area contributed by atoms with Crippen LogP contribution in [0.5, 0.6) is 0 Å². The maximum absolute atomic E-state index is 12.7. The number of carbonyl (C=O) groups excluding carboxylic acids is 2. The minimum atomic E-state index is -0.751. The molecular weight excluding hydrogens is 314 g/mol. The molecule has 2 N–H and O–H groups in total. The number of nitrogens with one attached hydrogen (secondary N) is 2. The van der Waals surface area contributed by atoms with Crippen LogP contribution in [-0.2, 0) is 4.79 Å². The number of likely N-dealkylation sites (tertiary alicyclic amines) is 1. The van der Waals surface area contributed by atoms with Crippen molar-refractivity contribution in [1.82, 2.24) is 15.5 Å². The maximum Gasteiger partial charge on any atom is 0.254 e. The number of likely N-dealkylation sites (N-methyl/N-ethyl adjacent to an activating group) is 1. The summed E-state index contributed by atoms with van der Waals surface area (Å²) in [6, 6.07) is 9.16. The number of amides is 2. The molecule has 1 aliphatic rings. The van der Waals surface area contributed by atoms with Gasteiger partial charge in [0.25, 0.3) is 5.91 Å². The van der Waals surface area contributed by atoms with Gasteiger partial charge in [-0.15, -0.1) is 12.4 Å². The van der Waals surface area contributed by atoms with Crippen LogP contribution in [0.4, 0.5) is 0 Å². The summed E-state index contributed by atoms with van der Waals surface area (Å²) in [4.78, 5) is 26.9. The summed E-state index contributed by atoms with van der Waals surface area (Å²) in [7, 11) is 0. The second-order valence-electron chi connectivity index (χ2n) is 5.81. The van der Waals surface area contributed by atoms with Crippen LogP contribution in [0.1, 0.15) is 37.0 Å². The topological polar surface area (TPSA) is 61.4 Å². The highest BCUT2D eigenvalue weighted by molar-refractivity contribution is 5.99. The fourth-order valence-corrected chi connectivity index (χ4v) is 2.89. The van der Waals surface area contributed by atoms with Gasteiger partial charge < -0.3 is 15.5 Å². The van der Waals surface area contributed by atoms with Crippen LogP contribution in [0.2, 0.25) is 0 Å². The molecule has 1 aliphatic heterocycles. The molecule has 0 bridgehead atoms. The highest BCUT2D eigenvalue weighted by Crippen LogP contribution is 2.30. The van der Waals surface area contributed by atoms with Crippen molar-refractivity contribution in [3.63, 3.8) is 0 Å². The average Bonchev–Trinajstić information content (AvgIpc) is 2.94. The Morgan fingerprint density at radius 1 is 1.22 bits per heavy atom. The normalized spacial score (nSPS) is 20.0. The van der Waals surface area contributed by atoms with E-state index in [4.69, 9.17) is 0 Å². The zero-order chi connectivity index (χ0) is 16.0. The molecule has 2 amide bonds. The van der Waals surface area contributed by atoms with E-state index in [1.165, 1.54) is 0 Å². The first-order chi connectivity index (χ1) is 10.6. The van der Waals surface area contributed by atoms with Crippen LogP contribution < -0.4 is 10.6 Å². The Morgan fingerprint density at radius 3 is 2.57 bits per heavy atom. The van der Waals surface area contributed by atoms with E-state index in [1.807, 2.05) is 32.0 Å². The Hall–Kier alpha value is -1.59. The molecule has 23 heavy (non-hydrogen) atoms. The first kappa shape index (κ1) is 19.5. The lowest BCUT2D eigenvalue weighted by molar-refractivity contribution is -0.129. The fraction of sp³-hybridized carbons (Fsp3) is 0.529. The van der Waals surface area contributed by atoms with Crippen molar-refractivity contribution in [1.29, 1.82) is 0 Å². The van der Waals surface area contributed by atoms with E-state index in [-0.39, 0.29) is 24.2 Å². The number of hydrogen-bond acceptors (Lipinski definition) is 3. The predicted molar refractivity (Wildman–Crippen MR) is 93.9 cm³/mol. The van der Waals surface area contributed by atoms with Gasteiger partial charge in [-0.3, -0.25) is 9.59 Å². The molecular formula is C17H26ClN3O2. The summed E-state index contributed by atoms with van der Waals surface area (Å²) in [5.74, 6) is -0.130. The van der Waals surface area contributed by atoms with Crippen LogP contribution in [0, 0.1) is 0 Å². The molecule has 1 fully saturated rings. The molecule has 0 saturated carbocycles. The fourth-order valence-electron chi connectivity index (χ4n) is 2.89. The second-order valence-corrected chi connectivity index (χ2v) is 5.81. The Kier molecular flexibility index (Phi) is 7.52. The van der Waals surface area contributed by atoms with E-state index >= 15 is 0 Å². The monoisotopic (exact) mass is 339 g/mol. The van der Waals surface area contributed by atoms with Gasteiger partial charge in [0.05, 0.1) is 0 Å². The molecule has 1 aromatic carbocycles. The summed E-state index contributed by atoms with van der Waals surface area (Å²) >= 11 is 0. The third-order valence-corrected chi connectivity index (χ3v) is 4.23. The molecule has 0 radical (unpaired) electrons. The molecule has 0 aromatic heterocycles. The molecule has 1 atom stereocenters. The van der Waals surface area contributed by atoms with Crippen LogP contribution in [-0.4, -0.2) is 48.4 Å².